The summed E-state index contributed by atoms with van der Waals surface area (Å²) in [6.07, 6.45) is 5.24. The van der Waals surface area contributed by atoms with Crippen LogP contribution in [0.2, 0.25) is 0 Å². The van der Waals surface area contributed by atoms with Gasteiger partial charge in [-0.2, -0.15) is 0 Å². The number of nitrogens with one attached hydrogen (secondary N) is 1. The highest BCUT2D eigenvalue weighted by molar-refractivity contribution is 9.10. The lowest BCUT2D eigenvalue weighted by Crippen LogP contribution is -2.27. The number of anilines is 1. The molecule has 3 rings (SSSR count). The van der Waals surface area contributed by atoms with E-state index in [4.69, 9.17) is 0 Å². The molecule has 1 fully saturated rings. The van der Waals surface area contributed by atoms with Crippen molar-refractivity contribution < 1.29 is 4.79 Å². The van der Waals surface area contributed by atoms with E-state index in [0.717, 1.165) is 33.6 Å². The van der Waals surface area contributed by atoms with Crippen molar-refractivity contribution >= 4 is 38.2 Å². The second-order valence-corrected chi connectivity index (χ2v) is 6.47. The minimum absolute atomic E-state index is 0.0414. The highest BCUT2D eigenvalue weighted by Crippen LogP contribution is 2.49. The predicted octanol–water partition coefficient (Wildman–Crippen LogP) is 3.28. The van der Waals surface area contributed by atoms with Crippen LogP contribution in [-0.2, 0) is 10.2 Å². The number of thiazole rings is 1. The lowest BCUT2D eigenvalue weighted by molar-refractivity contribution is -0.118. The number of carbonyl (C=O) groups excluding carboxylic acids is 1. The normalized spacial score (nSPS) is 16.1. The number of hydrogen-bond donors (Lipinski definition) is 1. The molecule has 0 aliphatic heterocycles. The maximum absolute atomic E-state index is 12.5. The Labute approximate surface area is 123 Å². The van der Waals surface area contributed by atoms with E-state index in [2.05, 4.69) is 31.2 Å². The fourth-order valence-corrected chi connectivity index (χ4v) is 3.15. The Morgan fingerprint density at radius 3 is 2.84 bits per heavy atom. The monoisotopic (exact) mass is 337 g/mol. The molecular formula is C13H12BrN3OS. The van der Waals surface area contributed by atoms with Crippen LogP contribution in [0.3, 0.4) is 0 Å². The van der Waals surface area contributed by atoms with Crippen LogP contribution in [0.5, 0.6) is 0 Å². The van der Waals surface area contributed by atoms with Crippen LogP contribution in [0.4, 0.5) is 5.00 Å². The molecule has 0 spiro atoms. The SMILES string of the molecule is Cc1ncsc1NC(=O)C1(c2cncc(Br)c2)CC1. The van der Waals surface area contributed by atoms with Crippen molar-refractivity contribution in [2.75, 3.05) is 5.32 Å². The summed E-state index contributed by atoms with van der Waals surface area (Å²) in [7, 11) is 0. The van der Waals surface area contributed by atoms with Crippen molar-refractivity contribution in [3.8, 4) is 0 Å². The molecule has 1 amide bonds. The molecule has 98 valence electrons. The van der Waals surface area contributed by atoms with Crippen LogP contribution in [0.1, 0.15) is 24.1 Å². The topological polar surface area (TPSA) is 54.9 Å². The molecule has 1 saturated carbocycles. The first-order valence-electron chi connectivity index (χ1n) is 5.94. The summed E-state index contributed by atoms with van der Waals surface area (Å²) in [6.45, 7) is 1.90. The Bertz CT molecular complexity index is 636. The highest BCUT2D eigenvalue weighted by atomic mass is 79.9. The Balaban J connectivity index is 1.85. The molecule has 6 heteroatoms. The van der Waals surface area contributed by atoms with Crippen molar-refractivity contribution in [1.29, 1.82) is 0 Å². The van der Waals surface area contributed by atoms with Crippen LogP contribution < -0.4 is 5.32 Å². The lowest BCUT2D eigenvalue weighted by atomic mass is 9.97. The fourth-order valence-electron chi connectivity index (χ4n) is 2.09. The number of aryl methyl sites for hydroxylation is 1. The van der Waals surface area contributed by atoms with Gasteiger partial charge in [-0.25, -0.2) is 4.98 Å². The number of hydrogen-bond acceptors (Lipinski definition) is 4. The van der Waals surface area contributed by atoms with Crippen molar-refractivity contribution in [2.24, 2.45) is 0 Å². The zero-order chi connectivity index (χ0) is 13.5. The van der Waals surface area contributed by atoms with Crippen LogP contribution in [0.25, 0.3) is 0 Å². The number of aromatic nitrogens is 2. The number of rotatable bonds is 3. The van der Waals surface area contributed by atoms with E-state index in [1.807, 2.05) is 13.0 Å². The van der Waals surface area contributed by atoms with E-state index in [9.17, 15) is 4.79 Å². The molecule has 0 atom stereocenters. The molecule has 4 nitrogen and oxygen atoms in total. The molecule has 0 aromatic carbocycles. The molecule has 19 heavy (non-hydrogen) atoms. The van der Waals surface area contributed by atoms with E-state index in [0.29, 0.717) is 0 Å². The summed E-state index contributed by atoms with van der Waals surface area (Å²) < 4.78 is 0.901. The van der Waals surface area contributed by atoms with E-state index in [-0.39, 0.29) is 5.91 Å². The summed E-state index contributed by atoms with van der Waals surface area (Å²) in [5.41, 5.74) is 3.17. The average molecular weight is 338 g/mol. The Morgan fingerprint density at radius 1 is 1.47 bits per heavy atom. The largest absolute Gasteiger partial charge is 0.315 e. The van der Waals surface area contributed by atoms with Crippen molar-refractivity contribution in [2.45, 2.75) is 25.2 Å². The summed E-state index contributed by atoms with van der Waals surface area (Å²) in [5, 5.41) is 3.82. The molecule has 0 radical (unpaired) electrons. The fraction of sp³-hybridized carbons (Fsp3) is 0.308. The number of halogens is 1. The van der Waals surface area contributed by atoms with Gasteiger partial charge >= 0.3 is 0 Å². The molecule has 0 bridgehead atoms. The van der Waals surface area contributed by atoms with Crippen molar-refractivity contribution in [3.63, 3.8) is 0 Å². The summed E-state index contributed by atoms with van der Waals surface area (Å²) >= 11 is 4.85. The predicted molar refractivity (Wildman–Crippen MR) is 78.3 cm³/mol. The van der Waals surface area contributed by atoms with Crippen LogP contribution in [0.15, 0.2) is 28.4 Å². The average Bonchev–Trinajstić information content (AvgIpc) is 3.11. The molecule has 0 saturated heterocycles. The van der Waals surface area contributed by atoms with Gasteiger partial charge in [0.2, 0.25) is 5.91 Å². The maximum atomic E-state index is 12.5. The first-order chi connectivity index (χ1) is 9.12. The number of carbonyl (C=O) groups is 1. The number of amides is 1. The maximum Gasteiger partial charge on any atom is 0.235 e. The molecule has 1 aliphatic carbocycles. The lowest BCUT2D eigenvalue weighted by Gasteiger charge is -2.15. The number of nitrogens with zero attached hydrogens (tertiary/aromatic N) is 2. The van der Waals surface area contributed by atoms with Crippen LogP contribution >= 0.6 is 27.3 Å². The van der Waals surface area contributed by atoms with Crippen LogP contribution in [0, 0.1) is 6.92 Å². The molecular weight excluding hydrogens is 326 g/mol. The third-order valence-electron chi connectivity index (χ3n) is 3.41. The first kappa shape index (κ1) is 12.7. The molecule has 2 aromatic heterocycles. The van der Waals surface area contributed by atoms with Gasteiger partial charge in [-0.15, -0.1) is 11.3 Å². The standard InChI is InChI=1S/C13H12BrN3OS/c1-8-11(19-7-16-8)17-12(18)13(2-3-13)9-4-10(14)6-15-5-9/h4-7H,2-3H2,1H3,(H,17,18). The first-order valence-corrected chi connectivity index (χ1v) is 7.62. The third-order valence-corrected chi connectivity index (χ3v) is 4.69. The Kier molecular flexibility index (Phi) is 3.14. The van der Waals surface area contributed by atoms with Gasteiger partial charge in [0.15, 0.2) is 0 Å². The van der Waals surface area contributed by atoms with Gasteiger partial charge in [0, 0.05) is 16.9 Å². The van der Waals surface area contributed by atoms with Gasteiger partial charge in [0.1, 0.15) is 5.00 Å². The van der Waals surface area contributed by atoms with Gasteiger partial charge in [-0.3, -0.25) is 9.78 Å². The zero-order valence-corrected chi connectivity index (χ0v) is 12.7. The summed E-state index contributed by atoms with van der Waals surface area (Å²) in [4.78, 5) is 20.8. The number of pyridine rings is 1. The van der Waals surface area contributed by atoms with E-state index in [1.165, 1.54) is 11.3 Å². The van der Waals surface area contributed by atoms with E-state index >= 15 is 0 Å². The highest BCUT2D eigenvalue weighted by Gasteiger charge is 2.51. The molecule has 1 aliphatic rings. The third kappa shape index (κ3) is 2.30. The van der Waals surface area contributed by atoms with Gasteiger partial charge in [0.25, 0.3) is 0 Å². The van der Waals surface area contributed by atoms with Crippen molar-refractivity contribution in [3.05, 3.63) is 39.7 Å². The smallest absolute Gasteiger partial charge is 0.235 e. The Morgan fingerprint density at radius 2 is 2.26 bits per heavy atom. The zero-order valence-electron chi connectivity index (χ0n) is 10.3. The summed E-state index contributed by atoms with van der Waals surface area (Å²) in [6, 6.07) is 1.97. The van der Waals surface area contributed by atoms with E-state index in [1.54, 1.807) is 17.9 Å². The molecule has 0 unspecified atom stereocenters. The Hall–Kier alpha value is -1.27. The van der Waals surface area contributed by atoms with Crippen molar-refractivity contribution in [1.82, 2.24) is 9.97 Å². The quantitative estimate of drug-likeness (QED) is 0.934. The second kappa shape index (κ2) is 4.68. The minimum Gasteiger partial charge on any atom is -0.315 e. The van der Waals surface area contributed by atoms with Gasteiger partial charge in [-0.1, -0.05) is 0 Å². The molecule has 2 aromatic rings. The van der Waals surface area contributed by atoms with Gasteiger partial charge in [-0.05, 0) is 47.3 Å². The van der Waals surface area contributed by atoms with Crippen LogP contribution in [-0.4, -0.2) is 15.9 Å². The van der Waals surface area contributed by atoms with Gasteiger partial charge < -0.3 is 5.32 Å². The van der Waals surface area contributed by atoms with Gasteiger partial charge in [0.05, 0.1) is 16.6 Å². The second-order valence-electron chi connectivity index (χ2n) is 4.69. The summed E-state index contributed by atoms with van der Waals surface area (Å²) in [5.74, 6) is 0.0414. The minimum atomic E-state index is -0.410. The molecule has 2 heterocycles. The molecule has 1 N–H and O–H groups in total. The van der Waals surface area contributed by atoms with E-state index < -0.39 is 5.41 Å².